The van der Waals surface area contributed by atoms with Gasteiger partial charge in [-0.05, 0) is 26.0 Å². The Balaban J connectivity index is 3.28. The van der Waals surface area contributed by atoms with Crippen molar-refractivity contribution < 1.29 is 14.7 Å². The minimum Gasteiger partial charge on any atom is -0.476 e. The zero-order valence-electron chi connectivity index (χ0n) is 8.89. The van der Waals surface area contributed by atoms with Gasteiger partial charge in [-0.2, -0.15) is 4.99 Å². The Kier molecular flexibility index (Phi) is 3.34. The van der Waals surface area contributed by atoms with Crippen LogP contribution in [0.3, 0.4) is 0 Å². The number of aliphatic imine (C=N–C) groups is 1. The molecule has 1 heterocycles. The summed E-state index contributed by atoms with van der Waals surface area (Å²) in [6, 6.07) is 2.92. The minimum absolute atomic E-state index is 0.0668. The van der Waals surface area contributed by atoms with Gasteiger partial charge in [-0.15, -0.1) is 0 Å². The van der Waals surface area contributed by atoms with E-state index in [1.807, 2.05) is 0 Å². The number of aromatic carboxylic acids is 1. The second kappa shape index (κ2) is 4.52. The summed E-state index contributed by atoms with van der Waals surface area (Å²) in [5.74, 6) is -1.90. The van der Waals surface area contributed by atoms with E-state index in [1.54, 1.807) is 13.0 Å². The van der Waals surface area contributed by atoms with Gasteiger partial charge < -0.3 is 10.8 Å². The number of pyridine rings is 1. The van der Waals surface area contributed by atoms with Gasteiger partial charge >= 0.3 is 5.97 Å². The highest BCUT2D eigenvalue weighted by atomic mass is 16.4. The van der Waals surface area contributed by atoms with Crippen LogP contribution in [0.2, 0.25) is 0 Å². The summed E-state index contributed by atoms with van der Waals surface area (Å²) in [6.07, 6.45) is 0. The van der Waals surface area contributed by atoms with Crippen LogP contribution in [-0.2, 0) is 0 Å². The maximum absolute atomic E-state index is 11.5. The van der Waals surface area contributed by atoms with Crippen LogP contribution in [0, 0.1) is 6.92 Å². The molecule has 0 saturated carbocycles. The predicted octanol–water partition coefficient (Wildman–Crippen LogP) is 0.606. The van der Waals surface area contributed by atoms with Gasteiger partial charge in [0.1, 0.15) is 5.84 Å². The van der Waals surface area contributed by atoms with Gasteiger partial charge in [0.2, 0.25) is 0 Å². The average Bonchev–Trinajstić information content (AvgIpc) is 2.16. The molecule has 0 aliphatic rings. The fourth-order valence-electron chi connectivity index (χ4n) is 1.11. The normalized spacial score (nSPS) is 11.2. The molecule has 1 amide bonds. The number of aromatic nitrogens is 1. The summed E-state index contributed by atoms with van der Waals surface area (Å²) in [7, 11) is 0. The lowest BCUT2D eigenvalue weighted by Gasteiger charge is -2.02. The second-order valence-corrected chi connectivity index (χ2v) is 3.21. The van der Waals surface area contributed by atoms with Crippen molar-refractivity contribution >= 4 is 17.7 Å². The van der Waals surface area contributed by atoms with Crippen molar-refractivity contribution in [3.05, 3.63) is 29.1 Å². The van der Waals surface area contributed by atoms with E-state index < -0.39 is 11.9 Å². The van der Waals surface area contributed by atoms with Gasteiger partial charge in [0.25, 0.3) is 5.91 Å². The minimum atomic E-state index is -1.27. The van der Waals surface area contributed by atoms with Crippen molar-refractivity contribution in [2.75, 3.05) is 0 Å². The highest BCUT2D eigenvalue weighted by Crippen LogP contribution is 2.09. The lowest BCUT2D eigenvalue weighted by atomic mass is 10.1. The Hall–Kier alpha value is -2.24. The summed E-state index contributed by atoms with van der Waals surface area (Å²) in [4.78, 5) is 29.6. The summed E-state index contributed by atoms with van der Waals surface area (Å²) in [5, 5.41) is 8.88. The van der Waals surface area contributed by atoms with Crippen LogP contribution in [-0.4, -0.2) is 27.8 Å². The molecule has 0 unspecified atom stereocenters. The largest absolute Gasteiger partial charge is 0.476 e. The Morgan fingerprint density at radius 3 is 2.56 bits per heavy atom. The summed E-state index contributed by atoms with van der Waals surface area (Å²) < 4.78 is 0. The first kappa shape index (κ1) is 11.8. The van der Waals surface area contributed by atoms with Crippen LogP contribution in [0.1, 0.15) is 33.5 Å². The Morgan fingerprint density at radius 1 is 1.44 bits per heavy atom. The molecule has 1 rings (SSSR count). The third kappa shape index (κ3) is 2.63. The number of nitrogens with zero attached hydrogens (tertiary/aromatic N) is 2. The number of aryl methyl sites for hydroxylation is 1. The van der Waals surface area contributed by atoms with Crippen LogP contribution in [0.15, 0.2) is 17.1 Å². The molecular formula is C10H11N3O3. The molecule has 0 fully saturated rings. The molecule has 1 aromatic rings. The fraction of sp³-hybridized carbons (Fsp3) is 0.200. The Morgan fingerprint density at radius 2 is 2.06 bits per heavy atom. The molecule has 6 nitrogen and oxygen atoms in total. The van der Waals surface area contributed by atoms with Crippen molar-refractivity contribution in [1.29, 1.82) is 0 Å². The van der Waals surface area contributed by atoms with Crippen molar-refractivity contribution in [1.82, 2.24) is 4.98 Å². The molecule has 0 aliphatic carbocycles. The van der Waals surface area contributed by atoms with E-state index in [-0.39, 0.29) is 17.1 Å². The molecule has 0 aromatic carbocycles. The summed E-state index contributed by atoms with van der Waals surface area (Å²) >= 11 is 0. The Bertz CT molecular complexity index is 476. The SMILES string of the molecule is CC(N)=NC(=O)c1ccc(C)nc1C(=O)O. The van der Waals surface area contributed by atoms with Crippen LogP contribution in [0.25, 0.3) is 0 Å². The van der Waals surface area contributed by atoms with Gasteiger partial charge in [0.05, 0.1) is 5.56 Å². The van der Waals surface area contributed by atoms with Crippen molar-refractivity contribution in [3.63, 3.8) is 0 Å². The molecule has 0 radical (unpaired) electrons. The number of carbonyl (C=O) groups excluding carboxylic acids is 1. The molecule has 0 aliphatic heterocycles. The van der Waals surface area contributed by atoms with E-state index in [9.17, 15) is 9.59 Å². The molecule has 16 heavy (non-hydrogen) atoms. The molecule has 3 N–H and O–H groups in total. The number of carbonyl (C=O) groups is 2. The third-order valence-corrected chi connectivity index (χ3v) is 1.75. The first-order chi connectivity index (χ1) is 7.41. The van der Waals surface area contributed by atoms with Gasteiger partial charge in [-0.3, -0.25) is 4.79 Å². The first-order valence-corrected chi connectivity index (χ1v) is 4.48. The number of amides is 1. The van der Waals surface area contributed by atoms with Gasteiger partial charge in [-0.25, -0.2) is 9.78 Å². The van der Waals surface area contributed by atoms with E-state index in [1.165, 1.54) is 13.0 Å². The van der Waals surface area contributed by atoms with Gasteiger partial charge in [0.15, 0.2) is 5.69 Å². The predicted molar refractivity (Wildman–Crippen MR) is 57.6 cm³/mol. The number of hydrogen-bond acceptors (Lipinski definition) is 3. The topological polar surface area (TPSA) is 106 Å². The highest BCUT2D eigenvalue weighted by Gasteiger charge is 2.17. The molecular weight excluding hydrogens is 210 g/mol. The summed E-state index contributed by atoms with van der Waals surface area (Å²) in [5.41, 5.74) is 5.39. The second-order valence-electron chi connectivity index (χ2n) is 3.21. The zero-order chi connectivity index (χ0) is 12.3. The molecule has 0 saturated heterocycles. The van der Waals surface area contributed by atoms with Gasteiger partial charge in [-0.1, -0.05) is 0 Å². The summed E-state index contributed by atoms with van der Waals surface area (Å²) in [6.45, 7) is 3.08. The lowest BCUT2D eigenvalue weighted by Crippen LogP contribution is -2.14. The standard InChI is InChI=1S/C10H11N3O3/c1-5-3-4-7(8(12-5)10(15)16)9(14)13-6(2)11/h3-4H,1-2H3,(H,15,16)(H2,11,13,14). The molecule has 0 spiro atoms. The molecule has 6 heteroatoms. The number of hydrogen-bond donors (Lipinski definition) is 2. The quantitative estimate of drug-likeness (QED) is 0.562. The highest BCUT2D eigenvalue weighted by molar-refractivity contribution is 6.07. The van der Waals surface area contributed by atoms with Crippen molar-refractivity contribution in [2.45, 2.75) is 13.8 Å². The monoisotopic (exact) mass is 221 g/mol. The molecule has 0 atom stereocenters. The van der Waals surface area contributed by atoms with E-state index >= 15 is 0 Å². The van der Waals surface area contributed by atoms with Crippen molar-refractivity contribution in [3.8, 4) is 0 Å². The van der Waals surface area contributed by atoms with Crippen LogP contribution in [0.4, 0.5) is 0 Å². The molecule has 0 bridgehead atoms. The van der Waals surface area contributed by atoms with Crippen LogP contribution >= 0.6 is 0 Å². The smallest absolute Gasteiger partial charge is 0.355 e. The lowest BCUT2D eigenvalue weighted by molar-refractivity contribution is 0.0685. The number of carboxylic acids is 1. The fourth-order valence-corrected chi connectivity index (χ4v) is 1.11. The van der Waals surface area contributed by atoms with Crippen LogP contribution in [0.5, 0.6) is 0 Å². The van der Waals surface area contributed by atoms with Crippen molar-refractivity contribution in [2.24, 2.45) is 10.7 Å². The number of rotatable bonds is 2. The maximum Gasteiger partial charge on any atom is 0.355 e. The molecule has 84 valence electrons. The van der Waals surface area contributed by atoms with E-state index in [2.05, 4.69) is 9.98 Å². The Labute approximate surface area is 91.8 Å². The van der Waals surface area contributed by atoms with E-state index in [0.29, 0.717) is 5.69 Å². The number of nitrogens with two attached hydrogens (primary N) is 1. The van der Waals surface area contributed by atoms with Gasteiger partial charge in [0, 0.05) is 5.69 Å². The number of carboxylic acid groups (broad SMARTS) is 1. The number of amidine groups is 1. The van der Waals surface area contributed by atoms with Crippen LogP contribution < -0.4 is 5.73 Å². The maximum atomic E-state index is 11.5. The zero-order valence-corrected chi connectivity index (χ0v) is 8.89. The third-order valence-electron chi connectivity index (χ3n) is 1.75. The van der Waals surface area contributed by atoms with E-state index in [0.717, 1.165) is 0 Å². The average molecular weight is 221 g/mol. The molecule has 1 aromatic heterocycles. The first-order valence-electron chi connectivity index (χ1n) is 4.48. The van der Waals surface area contributed by atoms with E-state index in [4.69, 9.17) is 10.8 Å².